The van der Waals surface area contributed by atoms with E-state index in [-0.39, 0.29) is 4.90 Å². The molecule has 1 rings (SSSR count). The minimum atomic E-state index is -4.02. The van der Waals surface area contributed by atoms with Crippen LogP contribution in [-0.4, -0.2) is 44.6 Å². The molecule has 0 aliphatic carbocycles. The van der Waals surface area contributed by atoms with E-state index in [1.807, 2.05) is 6.92 Å². The SMILES string of the molecule is CCCCCCCCCCCC[N+](C)(C)CCCCCCCCCCCC.Cc1ccc(S(=O)(=O)O)cc1. The highest BCUT2D eigenvalue weighted by Gasteiger charge is 2.13. The molecular formula is C33H64NO3S+. The summed E-state index contributed by atoms with van der Waals surface area (Å²) in [5, 5.41) is 0. The molecule has 0 unspecified atom stereocenters. The third kappa shape index (κ3) is 24.2. The van der Waals surface area contributed by atoms with E-state index in [1.54, 1.807) is 12.1 Å². The quantitative estimate of drug-likeness (QED) is 0.0831. The zero-order valence-corrected chi connectivity index (χ0v) is 26.8. The molecule has 1 aromatic rings. The Balaban J connectivity index is 0.00000103. The van der Waals surface area contributed by atoms with Crippen molar-refractivity contribution in [2.45, 2.75) is 154 Å². The van der Waals surface area contributed by atoms with Crippen molar-refractivity contribution >= 4 is 10.1 Å². The third-order valence-electron chi connectivity index (χ3n) is 7.55. The van der Waals surface area contributed by atoms with Crippen molar-refractivity contribution in [1.29, 1.82) is 0 Å². The summed E-state index contributed by atoms with van der Waals surface area (Å²) in [7, 11) is 0.872. The molecule has 0 bridgehead atoms. The molecular weight excluding hydrogens is 490 g/mol. The number of nitrogens with zero attached hydrogens (tertiary/aromatic N) is 1. The number of aryl methyl sites for hydroxylation is 1. The lowest BCUT2D eigenvalue weighted by atomic mass is 10.1. The Bertz CT molecular complexity index is 718. The van der Waals surface area contributed by atoms with Crippen molar-refractivity contribution in [3.05, 3.63) is 29.8 Å². The molecule has 4 nitrogen and oxygen atoms in total. The summed E-state index contributed by atoms with van der Waals surface area (Å²) in [6.45, 7) is 9.21. The van der Waals surface area contributed by atoms with Crippen molar-refractivity contribution in [3.63, 3.8) is 0 Å². The van der Waals surface area contributed by atoms with E-state index in [1.165, 1.54) is 158 Å². The van der Waals surface area contributed by atoms with Crippen LogP contribution in [0.25, 0.3) is 0 Å². The molecule has 0 amide bonds. The Hall–Kier alpha value is -0.910. The highest BCUT2D eigenvalue weighted by atomic mass is 32.2. The highest BCUT2D eigenvalue weighted by molar-refractivity contribution is 7.85. The fraction of sp³-hybridized carbons (Fsp3) is 0.818. The largest absolute Gasteiger partial charge is 0.328 e. The average Bonchev–Trinajstić information content (AvgIpc) is 2.86. The van der Waals surface area contributed by atoms with E-state index in [0.717, 1.165) is 5.56 Å². The number of benzene rings is 1. The van der Waals surface area contributed by atoms with Crippen molar-refractivity contribution in [1.82, 2.24) is 0 Å². The van der Waals surface area contributed by atoms with Gasteiger partial charge >= 0.3 is 0 Å². The first-order chi connectivity index (χ1) is 18.1. The van der Waals surface area contributed by atoms with Gasteiger partial charge in [0.05, 0.1) is 32.1 Å². The molecule has 38 heavy (non-hydrogen) atoms. The lowest BCUT2D eigenvalue weighted by molar-refractivity contribution is -0.890. The van der Waals surface area contributed by atoms with E-state index >= 15 is 0 Å². The first-order valence-corrected chi connectivity index (χ1v) is 17.4. The van der Waals surface area contributed by atoms with Crippen LogP contribution in [0.1, 0.15) is 148 Å². The summed E-state index contributed by atoms with van der Waals surface area (Å²) in [5.74, 6) is 0. The molecule has 0 radical (unpaired) electrons. The maximum absolute atomic E-state index is 10.5. The predicted octanol–water partition coefficient (Wildman–Crippen LogP) is 10.1. The predicted molar refractivity (Wildman–Crippen MR) is 167 cm³/mol. The van der Waals surface area contributed by atoms with Crippen molar-refractivity contribution in [3.8, 4) is 0 Å². The summed E-state index contributed by atoms with van der Waals surface area (Å²) in [4.78, 5) is -0.0666. The van der Waals surface area contributed by atoms with Crippen LogP contribution < -0.4 is 0 Å². The van der Waals surface area contributed by atoms with Gasteiger partial charge in [0.1, 0.15) is 0 Å². The number of rotatable bonds is 23. The molecule has 1 aromatic carbocycles. The molecule has 0 saturated heterocycles. The Labute approximate surface area is 238 Å². The average molecular weight is 555 g/mol. The van der Waals surface area contributed by atoms with Gasteiger partial charge in [-0.05, 0) is 44.7 Å². The van der Waals surface area contributed by atoms with Crippen LogP contribution in [0, 0.1) is 6.92 Å². The van der Waals surface area contributed by atoms with Gasteiger partial charge in [0.15, 0.2) is 0 Å². The second-order valence-electron chi connectivity index (χ2n) is 12.0. The van der Waals surface area contributed by atoms with Gasteiger partial charge in [-0.1, -0.05) is 134 Å². The van der Waals surface area contributed by atoms with Crippen molar-refractivity contribution < 1.29 is 17.5 Å². The number of hydrogen-bond acceptors (Lipinski definition) is 2. The third-order valence-corrected chi connectivity index (χ3v) is 8.42. The summed E-state index contributed by atoms with van der Waals surface area (Å²) >= 11 is 0. The van der Waals surface area contributed by atoms with Crippen LogP contribution in [0.4, 0.5) is 0 Å². The van der Waals surface area contributed by atoms with Gasteiger partial charge in [0, 0.05) is 0 Å². The fourth-order valence-corrected chi connectivity index (χ4v) is 5.36. The zero-order chi connectivity index (χ0) is 28.5. The Morgan fingerprint density at radius 2 is 0.842 bits per heavy atom. The molecule has 0 aromatic heterocycles. The van der Waals surface area contributed by atoms with Crippen molar-refractivity contribution in [2.24, 2.45) is 0 Å². The van der Waals surface area contributed by atoms with Gasteiger partial charge in [-0.15, -0.1) is 0 Å². The van der Waals surface area contributed by atoms with Gasteiger partial charge in [0.2, 0.25) is 0 Å². The van der Waals surface area contributed by atoms with Gasteiger partial charge in [0.25, 0.3) is 10.1 Å². The second kappa shape index (κ2) is 23.9. The number of hydrogen-bond donors (Lipinski definition) is 1. The van der Waals surface area contributed by atoms with E-state index in [9.17, 15) is 8.42 Å². The van der Waals surface area contributed by atoms with E-state index < -0.39 is 10.1 Å². The van der Waals surface area contributed by atoms with Crippen LogP contribution in [0.2, 0.25) is 0 Å². The van der Waals surface area contributed by atoms with Crippen LogP contribution in [0.3, 0.4) is 0 Å². The molecule has 0 aliphatic heterocycles. The Morgan fingerprint density at radius 3 is 1.13 bits per heavy atom. The first-order valence-electron chi connectivity index (χ1n) is 16.0. The molecule has 0 spiro atoms. The topological polar surface area (TPSA) is 54.4 Å². The lowest BCUT2D eigenvalue weighted by Crippen LogP contribution is -2.41. The highest BCUT2D eigenvalue weighted by Crippen LogP contribution is 2.14. The molecule has 1 N–H and O–H groups in total. The smallest absolute Gasteiger partial charge is 0.294 e. The summed E-state index contributed by atoms with van der Waals surface area (Å²) in [6.07, 6.45) is 29.0. The lowest BCUT2D eigenvalue weighted by Gasteiger charge is -2.30. The van der Waals surface area contributed by atoms with Gasteiger partial charge < -0.3 is 4.48 Å². The van der Waals surface area contributed by atoms with Gasteiger partial charge in [-0.3, -0.25) is 4.55 Å². The van der Waals surface area contributed by atoms with Crippen molar-refractivity contribution in [2.75, 3.05) is 27.2 Å². The van der Waals surface area contributed by atoms with E-state index in [4.69, 9.17) is 4.55 Å². The van der Waals surface area contributed by atoms with Crippen LogP contribution >= 0.6 is 0 Å². The molecule has 0 aliphatic rings. The fourth-order valence-electron chi connectivity index (χ4n) is 4.88. The van der Waals surface area contributed by atoms with E-state index in [0.29, 0.717) is 0 Å². The first kappa shape index (κ1) is 37.1. The Kier molecular flexibility index (Phi) is 23.4. The van der Waals surface area contributed by atoms with Crippen LogP contribution in [-0.2, 0) is 10.1 Å². The molecule has 0 heterocycles. The summed E-state index contributed by atoms with van der Waals surface area (Å²) < 4.78 is 30.8. The second-order valence-corrected chi connectivity index (χ2v) is 13.5. The molecule has 0 fully saturated rings. The Morgan fingerprint density at radius 1 is 0.553 bits per heavy atom. The maximum Gasteiger partial charge on any atom is 0.294 e. The normalized spacial score (nSPS) is 11.8. The van der Waals surface area contributed by atoms with Crippen LogP contribution in [0.15, 0.2) is 29.2 Å². The standard InChI is InChI=1S/C26H56N.C7H8O3S/c1-5-7-9-11-13-15-17-19-21-23-25-27(3,4)26-24-22-20-18-16-14-12-10-8-6-2;1-6-2-4-7(5-3-6)11(8,9)10/h5-26H2,1-4H3;2-5H,1H3,(H,8,9,10)/q+1;. The molecule has 5 heteroatoms. The molecule has 224 valence electrons. The van der Waals surface area contributed by atoms with Gasteiger partial charge in [-0.2, -0.15) is 8.42 Å². The number of quaternary nitrogens is 1. The van der Waals surface area contributed by atoms with Gasteiger partial charge in [-0.25, -0.2) is 0 Å². The van der Waals surface area contributed by atoms with E-state index in [2.05, 4.69) is 27.9 Å². The minimum Gasteiger partial charge on any atom is -0.328 e. The maximum atomic E-state index is 10.5. The molecule has 0 atom stereocenters. The summed E-state index contributed by atoms with van der Waals surface area (Å²) in [5.41, 5.74) is 0.956. The van der Waals surface area contributed by atoms with Crippen LogP contribution in [0.5, 0.6) is 0 Å². The molecule has 0 saturated carbocycles. The number of unbranched alkanes of at least 4 members (excludes halogenated alkanes) is 18. The monoisotopic (exact) mass is 554 g/mol. The summed E-state index contributed by atoms with van der Waals surface area (Å²) in [6, 6.07) is 5.99. The zero-order valence-electron chi connectivity index (χ0n) is 26.0. The minimum absolute atomic E-state index is 0.0666.